The Bertz CT molecular complexity index is 442. The van der Waals surface area contributed by atoms with Gasteiger partial charge in [0.2, 0.25) is 0 Å². The molecule has 2 heteroatoms. The highest BCUT2D eigenvalue weighted by Crippen LogP contribution is 2.25. The van der Waals surface area contributed by atoms with E-state index < -0.39 is 0 Å². The third kappa shape index (κ3) is 2.34. The molecular weight excluding hydrogens is 198 g/mol. The molecule has 1 aromatic carbocycles. The molecule has 0 saturated carbocycles. The van der Waals surface area contributed by atoms with Gasteiger partial charge in [0.25, 0.3) is 0 Å². The van der Waals surface area contributed by atoms with Gasteiger partial charge in [-0.2, -0.15) is 0 Å². The van der Waals surface area contributed by atoms with E-state index in [-0.39, 0.29) is 0 Å². The van der Waals surface area contributed by atoms with Crippen molar-refractivity contribution >= 4 is 0 Å². The predicted molar refractivity (Wildman–Crippen MR) is 66.3 cm³/mol. The van der Waals surface area contributed by atoms with Crippen molar-refractivity contribution in [2.24, 2.45) is 5.73 Å². The maximum Gasteiger partial charge on any atom is 0.137 e. The van der Waals surface area contributed by atoms with Gasteiger partial charge in [-0.05, 0) is 37.9 Å². The Morgan fingerprint density at radius 3 is 2.56 bits per heavy atom. The number of furan rings is 1. The van der Waals surface area contributed by atoms with E-state index in [0.29, 0.717) is 0 Å². The summed E-state index contributed by atoms with van der Waals surface area (Å²) < 4.78 is 5.55. The highest BCUT2D eigenvalue weighted by atomic mass is 16.3. The van der Waals surface area contributed by atoms with Gasteiger partial charge >= 0.3 is 0 Å². The van der Waals surface area contributed by atoms with Crippen molar-refractivity contribution in [3.63, 3.8) is 0 Å². The van der Waals surface area contributed by atoms with E-state index in [1.54, 1.807) is 6.26 Å². The highest BCUT2D eigenvalue weighted by molar-refractivity contribution is 5.61. The van der Waals surface area contributed by atoms with Crippen LogP contribution in [0.2, 0.25) is 0 Å². The monoisotopic (exact) mass is 215 g/mol. The van der Waals surface area contributed by atoms with Gasteiger partial charge in [-0.25, -0.2) is 0 Å². The van der Waals surface area contributed by atoms with Gasteiger partial charge in [-0.1, -0.05) is 29.8 Å². The third-order valence-corrected chi connectivity index (χ3v) is 2.71. The van der Waals surface area contributed by atoms with Crippen LogP contribution in [0, 0.1) is 6.92 Å². The van der Waals surface area contributed by atoms with Crippen LogP contribution in [-0.4, -0.2) is 6.54 Å². The van der Waals surface area contributed by atoms with E-state index >= 15 is 0 Å². The summed E-state index contributed by atoms with van der Waals surface area (Å²) in [6.45, 7) is 2.81. The van der Waals surface area contributed by atoms with Crippen molar-refractivity contribution < 1.29 is 4.42 Å². The normalized spacial score (nSPS) is 10.6. The fraction of sp³-hybridized carbons (Fsp3) is 0.286. The van der Waals surface area contributed by atoms with Crippen LogP contribution in [0.25, 0.3) is 11.3 Å². The second-order valence-corrected chi connectivity index (χ2v) is 4.03. The largest absolute Gasteiger partial charge is 0.464 e. The highest BCUT2D eigenvalue weighted by Gasteiger charge is 2.07. The Kier molecular flexibility index (Phi) is 3.42. The Morgan fingerprint density at radius 2 is 1.88 bits per heavy atom. The summed E-state index contributed by atoms with van der Waals surface area (Å²) in [7, 11) is 0. The minimum atomic E-state index is 0.721. The molecule has 2 N–H and O–H groups in total. The van der Waals surface area contributed by atoms with Gasteiger partial charge in [0.05, 0.1) is 6.26 Å². The molecule has 0 fully saturated rings. The molecule has 2 rings (SSSR count). The Labute approximate surface area is 96.1 Å². The number of aryl methyl sites for hydroxylation is 2. The second-order valence-electron chi connectivity index (χ2n) is 4.03. The van der Waals surface area contributed by atoms with Crippen molar-refractivity contribution in [2.45, 2.75) is 19.8 Å². The summed E-state index contributed by atoms with van der Waals surface area (Å²) in [5, 5.41) is 0. The van der Waals surface area contributed by atoms with Crippen LogP contribution in [0.15, 0.2) is 41.0 Å². The molecule has 0 aliphatic carbocycles. The number of hydrogen-bond donors (Lipinski definition) is 1. The predicted octanol–water partition coefficient (Wildman–Crippen LogP) is 3.15. The molecule has 0 saturated heterocycles. The first-order chi connectivity index (χ1) is 7.81. The van der Waals surface area contributed by atoms with Crippen LogP contribution in [0.5, 0.6) is 0 Å². The van der Waals surface area contributed by atoms with Gasteiger partial charge in [0.15, 0.2) is 0 Å². The van der Waals surface area contributed by atoms with Crippen LogP contribution in [0.3, 0.4) is 0 Å². The van der Waals surface area contributed by atoms with Crippen molar-refractivity contribution in [3.05, 3.63) is 47.7 Å². The summed E-state index contributed by atoms with van der Waals surface area (Å²) in [5.41, 5.74) is 9.17. The molecule has 0 spiro atoms. The van der Waals surface area contributed by atoms with Crippen molar-refractivity contribution in [3.8, 4) is 11.3 Å². The molecule has 0 unspecified atom stereocenters. The van der Waals surface area contributed by atoms with Gasteiger partial charge in [0, 0.05) is 5.56 Å². The average Bonchev–Trinajstić information content (AvgIpc) is 2.75. The number of nitrogens with two attached hydrogens (primary N) is 1. The average molecular weight is 215 g/mol. The Balaban J connectivity index is 2.26. The fourth-order valence-corrected chi connectivity index (χ4v) is 1.78. The molecule has 2 nitrogen and oxygen atoms in total. The van der Waals surface area contributed by atoms with E-state index in [9.17, 15) is 0 Å². The molecule has 0 aliphatic heterocycles. The van der Waals surface area contributed by atoms with Crippen LogP contribution in [0.4, 0.5) is 0 Å². The van der Waals surface area contributed by atoms with Gasteiger partial charge in [0.1, 0.15) is 5.76 Å². The smallest absolute Gasteiger partial charge is 0.137 e. The van der Waals surface area contributed by atoms with E-state index in [4.69, 9.17) is 10.2 Å². The van der Waals surface area contributed by atoms with E-state index in [1.165, 1.54) is 11.1 Å². The molecule has 0 bridgehead atoms. The van der Waals surface area contributed by atoms with Crippen molar-refractivity contribution in [2.75, 3.05) is 6.54 Å². The first-order valence-corrected chi connectivity index (χ1v) is 5.65. The zero-order valence-corrected chi connectivity index (χ0v) is 9.57. The van der Waals surface area contributed by atoms with E-state index in [0.717, 1.165) is 30.7 Å². The molecule has 1 aromatic heterocycles. The maximum absolute atomic E-state index is 5.55. The molecule has 1 heterocycles. The molecule has 0 aliphatic rings. The Morgan fingerprint density at radius 1 is 1.12 bits per heavy atom. The lowest BCUT2D eigenvalue weighted by atomic mass is 10.0. The zero-order valence-electron chi connectivity index (χ0n) is 9.57. The molecular formula is C14H17NO. The van der Waals surface area contributed by atoms with Gasteiger partial charge < -0.3 is 10.2 Å². The minimum absolute atomic E-state index is 0.721. The zero-order chi connectivity index (χ0) is 11.4. The van der Waals surface area contributed by atoms with Crippen LogP contribution in [-0.2, 0) is 6.42 Å². The lowest BCUT2D eigenvalue weighted by Crippen LogP contribution is -2.00. The summed E-state index contributed by atoms with van der Waals surface area (Å²) in [6, 6.07) is 10.4. The number of rotatable bonds is 4. The molecule has 84 valence electrons. The third-order valence-electron chi connectivity index (χ3n) is 2.71. The SMILES string of the molecule is Cc1ccc(-c2occc2CCCN)cc1. The lowest BCUT2D eigenvalue weighted by molar-refractivity contribution is 0.579. The maximum atomic E-state index is 5.55. The first-order valence-electron chi connectivity index (χ1n) is 5.65. The quantitative estimate of drug-likeness (QED) is 0.851. The number of benzene rings is 1. The standard InChI is InChI=1S/C14H17NO/c1-11-4-6-13(7-5-11)14-12(3-2-9-15)8-10-16-14/h4-8,10H,2-3,9,15H2,1H3. The van der Waals surface area contributed by atoms with E-state index in [1.807, 2.05) is 6.07 Å². The van der Waals surface area contributed by atoms with Crippen molar-refractivity contribution in [1.82, 2.24) is 0 Å². The Hall–Kier alpha value is -1.54. The second kappa shape index (κ2) is 4.99. The lowest BCUT2D eigenvalue weighted by Gasteiger charge is -2.02. The molecule has 0 radical (unpaired) electrons. The van der Waals surface area contributed by atoms with Crippen molar-refractivity contribution in [1.29, 1.82) is 0 Å². The van der Waals surface area contributed by atoms with Gasteiger partial charge in [-0.3, -0.25) is 0 Å². The van der Waals surface area contributed by atoms with E-state index in [2.05, 4.69) is 31.2 Å². The summed E-state index contributed by atoms with van der Waals surface area (Å²) in [6.07, 6.45) is 3.73. The summed E-state index contributed by atoms with van der Waals surface area (Å²) in [4.78, 5) is 0. The summed E-state index contributed by atoms with van der Waals surface area (Å²) >= 11 is 0. The van der Waals surface area contributed by atoms with Crippen LogP contribution < -0.4 is 5.73 Å². The topological polar surface area (TPSA) is 39.2 Å². The first kappa shape index (κ1) is 11.0. The molecule has 16 heavy (non-hydrogen) atoms. The minimum Gasteiger partial charge on any atom is -0.464 e. The molecule has 0 amide bonds. The summed E-state index contributed by atoms with van der Waals surface area (Å²) in [5.74, 6) is 0.980. The van der Waals surface area contributed by atoms with Gasteiger partial charge in [-0.15, -0.1) is 0 Å². The molecule has 2 aromatic rings. The number of hydrogen-bond acceptors (Lipinski definition) is 2. The fourth-order valence-electron chi connectivity index (χ4n) is 1.78. The molecule has 0 atom stereocenters. The van der Waals surface area contributed by atoms with Crippen LogP contribution >= 0.6 is 0 Å². The van der Waals surface area contributed by atoms with Crippen LogP contribution in [0.1, 0.15) is 17.5 Å².